The number of hydrogen-bond acceptors (Lipinski definition) is 2. The number of likely N-dealkylation sites (tertiary alicyclic amines) is 1. The fourth-order valence-electron chi connectivity index (χ4n) is 3.43. The van der Waals surface area contributed by atoms with E-state index in [4.69, 9.17) is 11.6 Å². The summed E-state index contributed by atoms with van der Waals surface area (Å²) in [6.07, 6.45) is 5.01. The molecule has 2 fully saturated rings. The van der Waals surface area contributed by atoms with Crippen LogP contribution in [-0.2, 0) is 6.54 Å². The summed E-state index contributed by atoms with van der Waals surface area (Å²) in [6.45, 7) is 2.99. The summed E-state index contributed by atoms with van der Waals surface area (Å²) in [7, 11) is 0. The van der Waals surface area contributed by atoms with Crippen molar-refractivity contribution in [3.05, 3.63) is 34.6 Å². The maximum Gasteiger partial charge on any atom is 0.142 e. The van der Waals surface area contributed by atoms with Crippen LogP contribution in [-0.4, -0.2) is 30.1 Å². The second kappa shape index (κ2) is 5.78. The minimum absolute atomic E-state index is 0.285. The lowest BCUT2D eigenvalue weighted by Crippen LogP contribution is -2.43. The third-order valence-corrected chi connectivity index (χ3v) is 4.81. The molecule has 2 aliphatic rings. The van der Waals surface area contributed by atoms with Crippen LogP contribution in [0.25, 0.3) is 0 Å². The monoisotopic (exact) mass is 282 g/mol. The van der Waals surface area contributed by atoms with Crippen molar-refractivity contribution in [2.24, 2.45) is 0 Å². The van der Waals surface area contributed by atoms with E-state index in [0.29, 0.717) is 12.1 Å². The molecule has 2 unspecified atom stereocenters. The van der Waals surface area contributed by atoms with E-state index in [9.17, 15) is 4.39 Å². The van der Waals surface area contributed by atoms with Crippen molar-refractivity contribution in [2.75, 3.05) is 13.1 Å². The lowest BCUT2D eigenvalue weighted by Gasteiger charge is -2.29. The number of benzene rings is 1. The Kier molecular flexibility index (Phi) is 4.06. The van der Waals surface area contributed by atoms with Crippen LogP contribution in [0.15, 0.2) is 18.2 Å². The molecule has 104 valence electrons. The molecule has 19 heavy (non-hydrogen) atoms. The highest BCUT2D eigenvalue weighted by Crippen LogP contribution is 2.28. The molecular formula is C15H20ClFN2. The van der Waals surface area contributed by atoms with Crippen LogP contribution in [0.4, 0.5) is 4.39 Å². The molecule has 2 aliphatic heterocycles. The lowest BCUT2D eigenvalue weighted by atomic mass is 10.0. The minimum Gasteiger partial charge on any atom is -0.312 e. The first-order valence-corrected chi connectivity index (χ1v) is 7.54. The maximum atomic E-state index is 13.5. The van der Waals surface area contributed by atoms with Gasteiger partial charge in [0.15, 0.2) is 0 Å². The van der Waals surface area contributed by atoms with Gasteiger partial charge in [-0.05, 0) is 50.4 Å². The number of rotatable bonds is 3. The average Bonchev–Trinajstić information content (AvgIpc) is 3.05. The van der Waals surface area contributed by atoms with E-state index in [1.807, 2.05) is 6.07 Å². The molecule has 0 spiro atoms. The highest BCUT2D eigenvalue weighted by Gasteiger charge is 2.33. The van der Waals surface area contributed by atoms with Crippen LogP contribution in [0.3, 0.4) is 0 Å². The van der Waals surface area contributed by atoms with Gasteiger partial charge in [0.2, 0.25) is 0 Å². The molecular weight excluding hydrogens is 263 g/mol. The van der Waals surface area contributed by atoms with Gasteiger partial charge < -0.3 is 5.32 Å². The third-order valence-electron chi connectivity index (χ3n) is 4.38. The summed E-state index contributed by atoms with van der Waals surface area (Å²) in [5, 5.41) is 3.88. The Bertz CT molecular complexity index is 446. The highest BCUT2D eigenvalue weighted by atomic mass is 35.5. The quantitative estimate of drug-likeness (QED) is 0.916. The second-order valence-electron chi connectivity index (χ2n) is 5.60. The summed E-state index contributed by atoms with van der Waals surface area (Å²) in [5.74, 6) is -0.311. The Morgan fingerprint density at radius 1 is 1.32 bits per heavy atom. The van der Waals surface area contributed by atoms with Crippen molar-refractivity contribution >= 4 is 11.6 Å². The Morgan fingerprint density at radius 2 is 2.21 bits per heavy atom. The number of nitrogens with one attached hydrogen (secondary N) is 1. The van der Waals surface area contributed by atoms with Crippen LogP contribution < -0.4 is 5.32 Å². The smallest absolute Gasteiger partial charge is 0.142 e. The van der Waals surface area contributed by atoms with E-state index in [0.717, 1.165) is 25.2 Å². The van der Waals surface area contributed by atoms with Crippen molar-refractivity contribution in [3.63, 3.8) is 0 Å². The van der Waals surface area contributed by atoms with Crippen molar-refractivity contribution < 1.29 is 4.39 Å². The van der Waals surface area contributed by atoms with Gasteiger partial charge >= 0.3 is 0 Å². The Balaban J connectivity index is 1.72. The van der Waals surface area contributed by atoms with Gasteiger partial charge in [-0.25, -0.2) is 4.39 Å². The van der Waals surface area contributed by atoms with E-state index in [-0.39, 0.29) is 10.8 Å². The standard InChI is InChI=1S/C15H20ClFN2/c16-15-11(4-1-5-12(15)17)10-19-9-3-7-14(19)13-6-2-8-18-13/h1,4-5,13-14,18H,2-3,6-10H2. The molecule has 1 N–H and O–H groups in total. The van der Waals surface area contributed by atoms with Gasteiger partial charge in [-0.1, -0.05) is 23.7 Å². The molecule has 3 rings (SSSR count). The largest absolute Gasteiger partial charge is 0.312 e. The molecule has 0 radical (unpaired) electrons. The molecule has 0 aliphatic carbocycles. The number of nitrogens with zero attached hydrogens (tertiary/aromatic N) is 1. The Hall–Kier alpha value is -0.640. The van der Waals surface area contributed by atoms with E-state index in [2.05, 4.69) is 10.2 Å². The van der Waals surface area contributed by atoms with E-state index < -0.39 is 0 Å². The lowest BCUT2D eigenvalue weighted by molar-refractivity contribution is 0.206. The van der Waals surface area contributed by atoms with E-state index in [1.165, 1.54) is 31.7 Å². The van der Waals surface area contributed by atoms with Gasteiger partial charge in [-0.15, -0.1) is 0 Å². The first kappa shape index (κ1) is 13.3. The second-order valence-corrected chi connectivity index (χ2v) is 5.97. The molecule has 2 nitrogen and oxygen atoms in total. The highest BCUT2D eigenvalue weighted by molar-refractivity contribution is 6.31. The Labute approximate surface area is 118 Å². The molecule has 2 atom stereocenters. The normalized spacial score (nSPS) is 28.1. The molecule has 0 amide bonds. The van der Waals surface area contributed by atoms with Crippen LogP contribution in [0, 0.1) is 5.82 Å². The summed E-state index contributed by atoms with van der Waals surface area (Å²) in [5.41, 5.74) is 0.909. The zero-order chi connectivity index (χ0) is 13.2. The predicted octanol–water partition coefficient (Wildman–Crippen LogP) is 3.20. The van der Waals surface area contributed by atoms with E-state index in [1.54, 1.807) is 6.07 Å². The summed E-state index contributed by atoms with van der Waals surface area (Å²) in [6, 6.07) is 6.29. The number of hydrogen-bond donors (Lipinski definition) is 1. The SMILES string of the molecule is Fc1cccc(CN2CCCC2C2CCCN2)c1Cl. The third kappa shape index (κ3) is 2.78. The molecule has 1 aromatic rings. The summed E-state index contributed by atoms with van der Waals surface area (Å²) < 4.78 is 13.5. The predicted molar refractivity (Wildman–Crippen MR) is 75.9 cm³/mol. The number of halogens is 2. The zero-order valence-corrected chi connectivity index (χ0v) is 11.8. The molecule has 0 bridgehead atoms. The van der Waals surface area contributed by atoms with Crippen molar-refractivity contribution in [3.8, 4) is 0 Å². The van der Waals surface area contributed by atoms with Gasteiger partial charge in [0.1, 0.15) is 5.82 Å². The van der Waals surface area contributed by atoms with Gasteiger partial charge in [0, 0.05) is 18.6 Å². The molecule has 0 saturated carbocycles. The fraction of sp³-hybridized carbons (Fsp3) is 0.600. The van der Waals surface area contributed by atoms with Crippen LogP contribution in [0.5, 0.6) is 0 Å². The van der Waals surface area contributed by atoms with Gasteiger partial charge in [-0.2, -0.15) is 0 Å². The van der Waals surface area contributed by atoms with Crippen LogP contribution in [0.1, 0.15) is 31.2 Å². The molecule has 1 aromatic carbocycles. The molecule has 2 heterocycles. The first-order chi connectivity index (χ1) is 9.25. The first-order valence-electron chi connectivity index (χ1n) is 7.16. The molecule has 4 heteroatoms. The summed E-state index contributed by atoms with van der Waals surface area (Å²) in [4.78, 5) is 2.46. The molecule has 2 saturated heterocycles. The summed E-state index contributed by atoms with van der Waals surface area (Å²) >= 11 is 6.06. The van der Waals surface area contributed by atoms with E-state index >= 15 is 0 Å². The van der Waals surface area contributed by atoms with Gasteiger partial charge in [0.05, 0.1) is 5.02 Å². The molecule has 0 aromatic heterocycles. The zero-order valence-electron chi connectivity index (χ0n) is 11.0. The van der Waals surface area contributed by atoms with Crippen LogP contribution >= 0.6 is 11.6 Å². The average molecular weight is 283 g/mol. The van der Waals surface area contributed by atoms with Crippen molar-refractivity contribution in [1.29, 1.82) is 0 Å². The van der Waals surface area contributed by atoms with Gasteiger partial charge in [0.25, 0.3) is 0 Å². The van der Waals surface area contributed by atoms with Crippen LogP contribution in [0.2, 0.25) is 5.02 Å². The van der Waals surface area contributed by atoms with Crippen molar-refractivity contribution in [1.82, 2.24) is 10.2 Å². The van der Waals surface area contributed by atoms with Crippen molar-refractivity contribution in [2.45, 2.75) is 44.3 Å². The van der Waals surface area contributed by atoms with Gasteiger partial charge in [-0.3, -0.25) is 4.90 Å². The maximum absolute atomic E-state index is 13.5. The fourth-order valence-corrected chi connectivity index (χ4v) is 3.62. The Morgan fingerprint density at radius 3 is 3.00 bits per heavy atom. The minimum atomic E-state index is -0.311. The topological polar surface area (TPSA) is 15.3 Å².